The number of anilines is 2. The van der Waals surface area contributed by atoms with Crippen LogP contribution in [-0.2, 0) is 4.74 Å². The highest BCUT2D eigenvalue weighted by Crippen LogP contribution is 2.28. The first kappa shape index (κ1) is 18.0. The Morgan fingerprint density at radius 3 is 2.77 bits per heavy atom. The molecule has 0 bridgehead atoms. The summed E-state index contributed by atoms with van der Waals surface area (Å²) in [6, 6.07) is 7.81. The number of hydrogen-bond donors (Lipinski definition) is 2. The molecule has 8 nitrogen and oxygen atoms in total. The summed E-state index contributed by atoms with van der Waals surface area (Å²) >= 11 is 1.53. The number of nitrogens with zero attached hydrogens (tertiary/aromatic N) is 4. The number of aryl methyl sites for hydroxylation is 2. The molecule has 2 N–H and O–H groups in total. The van der Waals surface area contributed by atoms with Crippen LogP contribution in [0.15, 0.2) is 24.3 Å². The van der Waals surface area contributed by atoms with Crippen molar-refractivity contribution in [3.8, 4) is 11.3 Å². The molecule has 0 radical (unpaired) electrons. The molecule has 0 aliphatic heterocycles. The third-order valence-electron chi connectivity index (χ3n) is 3.78. The molecule has 0 fully saturated rings. The van der Waals surface area contributed by atoms with Gasteiger partial charge in [0.15, 0.2) is 5.82 Å². The monoisotopic (exact) mass is 372 g/mol. The van der Waals surface area contributed by atoms with Crippen LogP contribution in [0.4, 0.5) is 16.2 Å². The molecule has 0 saturated carbocycles. The average molecular weight is 372 g/mol. The van der Waals surface area contributed by atoms with Gasteiger partial charge >= 0.3 is 6.09 Å². The molecule has 3 aromatic rings. The summed E-state index contributed by atoms with van der Waals surface area (Å²) < 4.78 is 9.84. The molecular weight excluding hydrogens is 352 g/mol. The summed E-state index contributed by atoms with van der Waals surface area (Å²) in [6.45, 7) is 5.88. The van der Waals surface area contributed by atoms with E-state index in [4.69, 9.17) is 4.74 Å². The standard InChI is InChI=1S/C17H20N6O2S/c1-5-25-17(24)18-15-9-14(21-23-11(3)19-20-16(15)23)12-7-6-10(2)13(8-12)22-26-4/h6-9,22H,5H2,1-4H3,(H,18,24). The Bertz CT molecular complexity index is 956. The number of carbonyl (C=O) groups is 1. The lowest BCUT2D eigenvalue weighted by molar-refractivity contribution is 0.168. The molecule has 0 saturated heterocycles. The maximum atomic E-state index is 11.9. The molecule has 136 valence electrons. The number of benzene rings is 1. The highest BCUT2D eigenvalue weighted by Gasteiger charge is 2.15. The fraction of sp³-hybridized carbons (Fsp3) is 0.294. The summed E-state index contributed by atoms with van der Waals surface area (Å²) in [5.41, 5.74) is 4.71. The zero-order chi connectivity index (χ0) is 18.7. The molecule has 1 aromatic carbocycles. The Balaban J connectivity index is 2.10. The Labute approximate surface area is 155 Å². The minimum atomic E-state index is -0.541. The van der Waals surface area contributed by atoms with Crippen molar-refractivity contribution in [2.45, 2.75) is 20.8 Å². The van der Waals surface area contributed by atoms with Gasteiger partial charge in [0.25, 0.3) is 0 Å². The third kappa shape index (κ3) is 3.57. The van der Waals surface area contributed by atoms with Crippen LogP contribution < -0.4 is 10.0 Å². The number of ether oxygens (including phenoxy) is 1. The van der Waals surface area contributed by atoms with Crippen molar-refractivity contribution < 1.29 is 9.53 Å². The Morgan fingerprint density at radius 1 is 1.23 bits per heavy atom. The molecule has 26 heavy (non-hydrogen) atoms. The maximum Gasteiger partial charge on any atom is 0.411 e. The average Bonchev–Trinajstić information content (AvgIpc) is 2.99. The zero-order valence-electron chi connectivity index (χ0n) is 15.0. The van der Waals surface area contributed by atoms with E-state index in [9.17, 15) is 4.79 Å². The van der Waals surface area contributed by atoms with Crippen LogP contribution in [0.2, 0.25) is 0 Å². The van der Waals surface area contributed by atoms with Crippen molar-refractivity contribution >= 4 is 35.1 Å². The smallest absolute Gasteiger partial charge is 0.411 e. The number of amides is 1. The first-order chi connectivity index (χ1) is 12.5. The van der Waals surface area contributed by atoms with Crippen LogP contribution in [0.3, 0.4) is 0 Å². The van der Waals surface area contributed by atoms with E-state index < -0.39 is 6.09 Å². The molecule has 1 amide bonds. The largest absolute Gasteiger partial charge is 0.450 e. The molecule has 0 unspecified atom stereocenters. The first-order valence-electron chi connectivity index (χ1n) is 8.10. The second-order valence-electron chi connectivity index (χ2n) is 5.61. The minimum Gasteiger partial charge on any atom is -0.450 e. The fourth-order valence-corrected chi connectivity index (χ4v) is 2.93. The molecule has 3 rings (SSSR count). The first-order valence-corrected chi connectivity index (χ1v) is 9.32. The highest BCUT2D eigenvalue weighted by molar-refractivity contribution is 7.99. The number of rotatable bonds is 5. The van der Waals surface area contributed by atoms with E-state index in [1.54, 1.807) is 24.4 Å². The number of aromatic nitrogens is 4. The van der Waals surface area contributed by atoms with Gasteiger partial charge in [-0.3, -0.25) is 5.32 Å². The van der Waals surface area contributed by atoms with Gasteiger partial charge in [-0.15, -0.1) is 10.2 Å². The summed E-state index contributed by atoms with van der Waals surface area (Å²) in [5, 5.41) is 15.5. The summed E-state index contributed by atoms with van der Waals surface area (Å²) in [5.74, 6) is 0.628. The molecule has 0 aliphatic carbocycles. The van der Waals surface area contributed by atoms with E-state index in [2.05, 4.69) is 25.3 Å². The van der Waals surface area contributed by atoms with E-state index in [-0.39, 0.29) is 6.61 Å². The van der Waals surface area contributed by atoms with Crippen LogP contribution in [0.5, 0.6) is 0 Å². The number of nitrogens with one attached hydrogen (secondary N) is 2. The van der Waals surface area contributed by atoms with Gasteiger partial charge in [-0.05, 0) is 38.5 Å². The molecule has 0 atom stereocenters. The van der Waals surface area contributed by atoms with Gasteiger partial charge in [-0.1, -0.05) is 24.1 Å². The zero-order valence-corrected chi connectivity index (χ0v) is 15.8. The number of carbonyl (C=O) groups excluding carboxylic acids is 1. The van der Waals surface area contributed by atoms with Crippen LogP contribution in [0.25, 0.3) is 16.9 Å². The van der Waals surface area contributed by atoms with Crippen molar-refractivity contribution in [3.05, 3.63) is 35.7 Å². The Morgan fingerprint density at radius 2 is 2.04 bits per heavy atom. The molecule has 2 aromatic heterocycles. The second-order valence-corrected chi connectivity index (χ2v) is 6.22. The second kappa shape index (κ2) is 7.61. The lowest BCUT2D eigenvalue weighted by atomic mass is 10.1. The van der Waals surface area contributed by atoms with Crippen molar-refractivity contribution in [3.63, 3.8) is 0 Å². The highest BCUT2D eigenvalue weighted by atomic mass is 32.2. The molecule has 0 spiro atoms. The van der Waals surface area contributed by atoms with Crippen molar-refractivity contribution in [2.75, 3.05) is 22.9 Å². The van der Waals surface area contributed by atoms with Crippen molar-refractivity contribution in [1.82, 2.24) is 19.8 Å². The Hall–Kier alpha value is -2.81. The maximum absolute atomic E-state index is 11.9. The Kier molecular flexibility index (Phi) is 5.27. The quantitative estimate of drug-likeness (QED) is 0.660. The number of hydrogen-bond acceptors (Lipinski definition) is 7. The SMILES string of the molecule is CCOC(=O)Nc1cc(-c2ccc(C)c(NSC)c2)nn2c(C)nnc12. The summed E-state index contributed by atoms with van der Waals surface area (Å²) in [7, 11) is 0. The van der Waals surface area contributed by atoms with Gasteiger partial charge in [-0.2, -0.15) is 9.61 Å². The van der Waals surface area contributed by atoms with E-state index in [0.717, 1.165) is 16.8 Å². The molecular formula is C17H20N6O2S. The van der Waals surface area contributed by atoms with Gasteiger partial charge in [0.1, 0.15) is 0 Å². The number of fused-ring (bicyclic) bond motifs is 1. The molecule has 9 heteroatoms. The summed E-state index contributed by atoms with van der Waals surface area (Å²) in [4.78, 5) is 11.9. The normalized spacial score (nSPS) is 10.8. The third-order valence-corrected chi connectivity index (χ3v) is 4.21. The lowest BCUT2D eigenvalue weighted by Gasteiger charge is -2.11. The van der Waals surface area contributed by atoms with Crippen molar-refractivity contribution in [2.24, 2.45) is 0 Å². The van der Waals surface area contributed by atoms with E-state index in [1.807, 2.05) is 31.4 Å². The fourth-order valence-electron chi connectivity index (χ4n) is 2.49. The lowest BCUT2D eigenvalue weighted by Crippen LogP contribution is -2.15. The predicted molar refractivity (Wildman–Crippen MR) is 103 cm³/mol. The topological polar surface area (TPSA) is 93.4 Å². The van der Waals surface area contributed by atoms with Gasteiger partial charge in [0.2, 0.25) is 5.65 Å². The van der Waals surface area contributed by atoms with Gasteiger partial charge in [-0.25, -0.2) is 4.79 Å². The van der Waals surface area contributed by atoms with Gasteiger partial charge < -0.3 is 9.46 Å². The molecule has 2 heterocycles. The minimum absolute atomic E-state index is 0.285. The van der Waals surface area contributed by atoms with E-state index in [0.29, 0.717) is 22.9 Å². The van der Waals surface area contributed by atoms with Crippen LogP contribution in [0.1, 0.15) is 18.3 Å². The van der Waals surface area contributed by atoms with Crippen LogP contribution in [0, 0.1) is 13.8 Å². The van der Waals surface area contributed by atoms with Gasteiger partial charge in [0, 0.05) is 17.5 Å². The van der Waals surface area contributed by atoms with E-state index in [1.165, 1.54) is 11.9 Å². The summed E-state index contributed by atoms with van der Waals surface area (Å²) in [6.07, 6.45) is 1.43. The van der Waals surface area contributed by atoms with Crippen LogP contribution >= 0.6 is 11.9 Å². The van der Waals surface area contributed by atoms with Crippen molar-refractivity contribution in [1.29, 1.82) is 0 Å². The van der Waals surface area contributed by atoms with Crippen LogP contribution in [-0.4, -0.2) is 38.8 Å². The van der Waals surface area contributed by atoms with E-state index >= 15 is 0 Å². The molecule has 0 aliphatic rings. The predicted octanol–water partition coefficient (Wildman–Crippen LogP) is 3.67. The van der Waals surface area contributed by atoms with Gasteiger partial charge in [0.05, 0.1) is 18.0 Å².